The smallest absolute Gasteiger partial charge is 0.227 e. The zero-order chi connectivity index (χ0) is 13.1. The van der Waals surface area contributed by atoms with Gasteiger partial charge in [-0.1, -0.05) is 16.9 Å². The van der Waals surface area contributed by atoms with Crippen molar-refractivity contribution in [2.24, 2.45) is 16.6 Å². The minimum absolute atomic E-state index is 0.00386. The molecule has 0 fully saturated rings. The van der Waals surface area contributed by atoms with Gasteiger partial charge in [-0.2, -0.15) is 0 Å². The highest BCUT2D eigenvalue weighted by molar-refractivity contribution is 8.00. The van der Waals surface area contributed by atoms with Crippen LogP contribution in [0.4, 0.5) is 0 Å². The van der Waals surface area contributed by atoms with Gasteiger partial charge in [-0.3, -0.25) is 4.79 Å². The Morgan fingerprint density at radius 1 is 1.50 bits per heavy atom. The van der Waals surface area contributed by atoms with Crippen molar-refractivity contribution in [2.75, 3.05) is 5.75 Å². The SMILES string of the molecule is NC(=O)CSc1nc2c(cc1C(N)=NO)CCC2. The second kappa shape index (κ2) is 5.26. The van der Waals surface area contributed by atoms with E-state index < -0.39 is 5.91 Å². The maximum Gasteiger partial charge on any atom is 0.227 e. The van der Waals surface area contributed by atoms with Crippen LogP contribution >= 0.6 is 11.8 Å². The lowest BCUT2D eigenvalue weighted by Gasteiger charge is -2.09. The standard InChI is InChI=1S/C11H14N4O2S/c12-9(16)5-18-11-7(10(13)15-17)4-6-2-1-3-8(6)14-11/h4,17H,1-3,5H2,(H2,12,16)(H2,13,15). The molecule has 2 rings (SSSR count). The topological polar surface area (TPSA) is 115 Å². The molecule has 1 amide bonds. The molecule has 0 atom stereocenters. The Bertz CT molecular complexity index is 516. The lowest BCUT2D eigenvalue weighted by Crippen LogP contribution is -2.18. The number of amides is 1. The van der Waals surface area contributed by atoms with E-state index in [2.05, 4.69) is 10.1 Å². The van der Waals surface area contributed by atoms with Crippen molar-refractivity contribution < 1.29 is 10.0 Å². The van der Waals surface area contributed by atoms with E-state index in [4.69, 9.17) is 16.7 Å². The number of primary amides is 1. The molecule has 1 aliphatic carbocycles. The Morgan fingerprint density at radius 2 is 2.28 bits per heavy atom. The molecule has 0 saturated carbocycles. The fraction of sp³-hybridized carbons (Fsp3) is 0.364. The first-order valence-corrected chi connectivity index (χ1v) is 6.52. The monoisotopic (exact) mass is 266 g/mol. The Hall–Kier alpha value is -1.76. The molecule has 0 aromatic carbocycles. The first-order valence-electron chi connectivity index (χ1n) is 5.53. The number of aryl methyl sites for hydroxylation is 2. The summed E-state index contributed by atoms with van der Waals surface area (Å²) in [6.45, 7) is 0. The first kappa shape index (κ1) is 12.7. The molecular weight excluding hydrogens is 252 g/mol. The Morgan fingerprint density at radius 3 is 2.94 bits per heavy atom. The van der Waals surface area contributed by atoms with E-state index in [0.29, 0.717) is 10.6 Å². The van der Waals surface area contributed by atoms with Gasteiger partial charge in [0.2, 0.25) is 5.91 Å². The van der Waals surface area contributed by atoms with Gasteiger partial charge in [0.25, 0.3) is 0 Å². The van der Waals surface area contributed by atoms with E-state index in [0.717, 1.165) is 30.5 Å². The van der Waals surface area contributed by atoms with Crippen molar-refractivity contribution in [3.05, 3.63) is 22.9 Å². The zero-order valence-electron chi connectivity index (χ0n) is 9.72. The molecule has 6 nitrogen and oxygen atoms in total. The van der Waals surface area contributed by atoms with Crippen molar-refractivity contribution in [2.45, 2.75) is 24.3 Å². The molecule has 1 aromatic rings. The maximum absolute atomic E-state index is 10.8. The number of fused-ring (bicyclic) bond motifs is 1. The highest BCUT2D eigenvalue weighted by Gasteiger charge is 2.19. The van der Waals surface area contributed by atoms with Crippen LogP contribution in [0.5, 0.6) is 0 Å². The van der Waals surface area contributed by atoms with Crippen LogP contribution in [0.15, 0.2) is 16.2 Å². The van der Waals surface area contributed by atoms with E-state index >= 15 is 0 Å². The number of rotatable bonds is 4. The predicted molar refractivity (Wildman–Crippen MR) is 68.7 cm³/mol. The molecule has 0 spiro atoms. The molecular formula is C11H14N4O2S. The quantitative estimate of drug-likeness (QED) is 0.237. The van der Waals surface area contributed by atoms with Crippen LogP contribution in [0.3, 0.4) is 0 Å². The molecule has 1 aromatic heterocycles. The minimum Gasteiger partial charge on any atom is -0.409 e. The molecule has 96 valence electrons. The maximum atomic E-state index is 10.8. The number of hydrogen-bond donors (Lipinski definition) is 3. The van der Waals surface area contributed by atoms with Gasteiger partial charge >= 0.3 is 0 Å². The van der Waals surface area contributed by atoms with Gasteiger partial charge in [-0.05, 0) is 30.9 Å². The second-order valence-electron chi connectivity index (χ2n) is 4.04. The van der Waals surface area contributed by atoms with Crippen molar-refractivity contribution in [1.82, 2.24) is 4.98 Å². The predicted octanol–water partition coefficient (Wildman–Crippen LogP) is 0.242. The van der Waals surface area contributed by atoms with Crippen LogP contribution in [-0.4, -0.2) is 27.7 Å². The van der Waals surface area contributed by atoms with Crippen LogP contribution < -0.4 is 11.5 Å². The summed E-state index contributed by atoms with van der Waals surface area (Å²) in [5.41, 5.74) is 13.4. The number of aromatic nitrogens is 1. The molecule has 0 saturated heterocycles. The number of carbonyl (C=O) groups is 1. The number of hydrogen-bond acceptors (Lipinski definition) is 5. The molecule has 0 radical (unpaired) electrons. The third-order valence-corrected chi connectivity index (χ3v) is 3.76. The van der Waals surface area contributed by atoms with E-state index in [-0.39, 0.29) is 11.6 Å². The van der Waals surface area contributed by atoms with Crippen LogP contribution in [0.25, 0.3) is 0 Å². The number of nitrogens with two attached hydrogens (primary N) is 2. The fourth-order valence-electron chi connectivity index (χ4n) is 1.94. The Balaban J connectivity index is 2.38. The van der Waals surface area contributed by atoms with Crippen molar-refractivity contribution in [1.29, 1.82) is 0 Å². The van der Waals surface area contributed by atoms with E-state index in [1.807, 2.05) is 6.07 Å². The number of pyridine rings is 1. The van der Waals surface area contributed by atoms with Crippen LogP contribution in [0.1, 0.15) is 23.2 Å². The zero-order valence-corrected chi connectivity index (χ0v) is 10.5. The van der Waals surface area contributed by atoms with Crippen molar-refractivity contribution >= 4 is 23.5 Å². The highest BCUT2D eigenvalue weighted by Crippen LogP contribution is 2.27. The third kappa shape index (κ3) is 2.56. The third-order valence-electron chi connectivity index (χ3n) is 2.75. The average molecular weight is 266 g/mol. The lowest BCUT2D eigenvalue weighted by atomic mass is 10.1. The molecule has 18 heavy (non-hydrogen) atoms. The summed E-state index contributed by atoms with van der Waals surface area (Å²) < 4.78 is 0. The minimum atomic E-state index is -0.423. The first-order chi connectivity index (χ1) is 8.61. The molecule has 1 aliphatic rings. The van der Waals surface area contributed by atoms with Gasteiger partial charge < -0.3 is 16.7 Å². The Kier molecular flexibility index (Phi) is 3.71. The normalized spacial score (nSPS) is 14.6. The summed E-state index contributed by atoms with van der Waals surface area (Å²) in [5.74, 6) is -0.297. The molecule has 0 unspecified atom stereocenters. The van der Waals surface area contributed by atoms with Gasteiger partial charge in [0, 0.05) is 5.69 Å². The molecule has 5 N–H and O–H groups in total. The number of oxime groups is 1. The molecule has 0 bridgehead atoms. The summed E-state index contributed by atoms with van der Waals surface area (Å²) in [4.78, 5) is 15.3. The summed E-state index contributed by atoms with van der Waals surface area (Å²) in [6, 6.07) is 1.88. The molecule has 7 heteroatoms. The molecule has 0 aliphatic heterocycles. The summed E-state index contributed by atoms with van der Waals surface area (Å²) in [6.07, 6.45) is 2.94. The number of nitrogens with zero attached hydrogens (tertiary/aromatic N) is 2. The fourth-order valence-corrected chi connectivity index (χ4v) is 2.71. The largest absolute Gasteiger partial charge is 0.409 e. The van der Waals surface area contributed by atoms with E-state index in [1.165, 1.54) is 11.8 Å². The number of amidine groups is 1. The average Bonchev–Trinajstić information content (AvgIpc) is 2.81. The van der Waals surface area contributed by atoms with Gasteiger partial charge in [0.05, 0.1) is 11.3 Å². The number of thioether (sulfide) groups is 1. The van der Waals surface area contributed by atoms with Crippen molar-refractivity contribution in [3.63, 3.8) is 0 Å². The van der Waals surface area contributed by atoms with Gasteiger partial charge in [-0.15, -0.1) is 0 Å². The summed E-state index contributed by atoms with van der Waals surface area (Å²) in [7, 11) is 0. The summed E-state index contributed by atoms with van der Waals surface area (Å²) in [5, 5.41) is 12.4. The summed E-state index contributed by atoms with van der Waals surface area (Å²) >= 11 is 1.21. The van der Waals surface area contributed by atoms with Gasteiger partial charge in [0.1, 0.15) is 5.03 Å². The molecule has 1 heterocycles. The van der Waals surface area contributed by atoms with Crippen LogP contribution in [-0.2, 0) is 17.6 Å². The van der Waals surface area contributed by atoms with E-state index in [9.17, 15) is 4.79 Å². The van der Waals surface area contributed by atoms with Crippen molar-refractivity contribution in [3.8, 4) is 0 Å². The van der Waals surface area contributed by atoms with Crippen LogP contribution in [0.2, 0.25) is 0 Å². The number of carbonyl (C=O) groups excluding carboxylic acids is 1. The van der Waals surface area contributed by atoms with E-state index in [1.54, 1.807) is 0 Å². The van der Waals surface area contributed by atoms with Gasteiger partial charge in [-0.25, -0.2) is 4.98 Å². The Labute approximate surface area is 108 Å². The lowest BCUT2D eigenvalue weighted by molar-refractivity contribution is -0.115. The van der Waals surface area contributed by atoms with Gasteiger partial charge in [0.15, 0.2) is 5.84 Å². The highest BCUT2D eigenvalue weighted by atomic mass is 32.2. The van der Waals surface area contributed by atoms with Crippen LogP contribution in [0, 0.1) is 0 Å². The second-order valence-corrected chi connectivity index (χ2v) is 5.00.